The SMILES string of the molecule is O=C(O)C(c1ccccc1OC(F)(F)F)C1(O)CCC1. The molecule has 1 aromatic carbocycles. The summed E-state index contributed by atoms with van der Waals surface area (Å²) in [6.45, 7) is 0. The van der Waals surface area contributed by atoms with E-state index >= 15 is 0 Å². The summed E-state index contributed by atoms with van der Waals surface area (Å²) in [4.78, 5) is 11.4. The van der Waals surface area contributed by atoms with Crippen molar-refractivity contribution in [2.45, 2.75) is 37.1 Å². The van der Waals surface area contributed by atoms with E-state index in [2.05, 4.69) is 4.74 Å². The van der Waals surface area contributed by atoms with Gasteiger partial charge in [0.15, 0.2) is 0 Å². The van der Waals surface area contributed by atoms with Gasteiger partial charge in [0.05, 0.1) is 5.60 Å². The molecule has 0 heterocycles. The molecule has 110 valence electrons. The van der Waals surface area contributed by atoms with Gasteiger partial charge < -0.3 is 14.9 Å². The van der Waals surface area contributed by atoms with E-state index in [0.717, 1.165) is 6.07 Å². The van der Waals surface area contributed by atoms with Crippen molar-refractivity contribution < 1.29 is 32.9 Å². The number of benzene rings is 1. The van der Waals surface area contributed by atoms with Crippen molar-refractivity contribution >= 4 is 5.97 Å². The van der Waals surface area contributed by atoms with E-state index < -0.39 is 29.6 Å². The van der Waals surface area contributed by atoms with Crippen LogP contribution in [0.25, 0.3) is 0 Å². The van der Waals surface area contributed by atoms with Gasteiger partial charge in [0.1, 0.15) is 11.7 Å². The fourth-order valence-electron chi connectivity index (χ4n) is 2.42. The second-order valence-electron chi connectivity index (χ2n) is 4.81. The van der Waals surface area contributed by atoms with E-state index in [0.29, 0.717) is 6.42 Å². The standard InChI is InChI=1S/C13H13F3O4/c14-13(15,16)20-9-5-2-1-4-8(9)10(11(17)18)12(19)6-3-7-12/h1-2,4-5,10,19H,3,6-7H2,(H,17,18). The Labute approximate surface area is 112 Å². The zero-order chi connectivity index (χ0) is 15.0. The zero-order valence-corrected chi connectivity index (χ0v) is 10.4. The molecule has 1 aromatic rings. The van der Waals surface area contributed by atoms with E-state index in [1.807, 2.05) is 0 Å². The first-order chi connectivity index (χ1) is 9.23. The lowest BCUT2D eigenvalue weighted by molar-refractivity contribution is -0.275. The maximum absolute atomic E-state index is 12.3. The quantitative estimate of drug-likeness (QED) is 0.894. The minimum atomic E-state index is -4.92. The van der Waals surface area contributed by atoms with Crippen molar-refractivity contribution in [3.05, 3.63) is 29.8 Å². The number of para-hydroxylation sites is 1. The summed E-state index contributed by atoms with van der Waals surface area (Å²) in [5.74, 6) is -3.40. The van der Waals surface area contributed by atoms with Crippen LogP contribution in [0.1, 0.15) is 30.7 Å². The van der Waals surface area contributed by atoms with Gasteiger partial charge in [0.2, 0.25) is 0 Å². The molecule has 0 aromatic heterocycles. The Kier molecular flexibility index (Phi) is 3.64. The minimum Gasteiger partial charge on any atom is -0.481 e. The molecule has 1 aliphatic rings. The number of hydrogen-bond acceptors (Lipinski definition) is 3. The number of carbonyl (C=O) groups is 1. The summed E-state index contributed by atoms with van der Waals surface area (Å²) in [5.41, 5.74) is -1.68. The van der Waals surface area contributed by atoms with Crippen molar-refractivity contribution in [2.75, 3.05) is 0 Å². The van der Waals surface area contributed by atoms with Gasteiger partial charge in [-0.15, -0.1) is 13.2 Å². The molecule has 0 radical (unpaired) electrons. The van der Waals surface area contributed by atoms with E-state index in [9.17, 15) is 28.2 Å². The average Bonchev–Trinajstić information content (AvgIpc) is 2.27. The topological polar surface area (TPSA) is 66.8 Å². The third-order valence-electron chi connectivity index (χ3n) is 3.46. The number of aliphatic hydroxyl groups is 1. The van der Waals surface area contributed by atoms with Gasteiger partial charge in [-0.3, -0.25) is 4.79 Å². The summed E-state index contributed by atoms with van der Waals surface area (Å²) in [7, 11) is 0. The minimum absolute atomic E-state index is 0.167. The van der Waals surface area contributed by atoms with Crippen LogP contribution < -0.4 is 4.74 Å². The number of rotatable bonds is 4. The lowest BCUT2D eigenvalue weighted by Crippen LogP contribution is -2.46. The number of alkyl halides is 3. The maximum Gasteiger partial charge on any atom is 0.573 e. The highest BCUT2D eigenvalue weighted by atomic mass is 19.4. The fraction of sp³-hybridized carbons (Fsp3) is 0.462. The van der Waals surface area contributed by atoms with Crippen molar-refractivity contribution in [3.8, 4) is 5.75 Å². The largest absolute Gasteiger partial charge is 0.573 e. The maximum atomic E-state index is 12.3. The Balaban J connectivity index is 2.41. The summed E-state index contributed by atoms with van der Waals surface area (Å²) in [6, 6.07) is 5.00. The van der Waals surface area contributed by atoms with Gasteiger partial charge in [0.25, 0.3) is 0 Å². The number of carboxylic acids is 1. The molecule has 1 unspecified atom stereocenters. The molecule has 0 aliphatic heterocycles. The fourth-order valence-corrected chi connectivity index (χ4v) is 2.42. The third kappa shape index (κ3) is 2.87. The predicted octanol–water partition coefficient (Wildman–Crippen LogP) is 2.67. The van der Waals surface area contributed by atoms with Crippen LogP contribution in [0.2, 0.25) is 0 Å². The second kappa shape index (κ2) is 4.97. The molecule has 1 atom stereocenters. The van der Waals surface area contributed by atoms with Gasteiger partial charge in [-0.1, -0.05) is 18.2 Å². The van der Waals surface area contributed by atoms with Crippen LogP contribution in [0.4, 0.5) is 13.2 Å². The van der Waals surface area contributed by atoms with E-state index in [4.69, 9.17) is 0 Å². The van der Waals surface area contributed by atoms with Gasteiger partial charge in [-0.25, -0.2) is 0 Å². The van der Waals surface area contributed by atoms with E-state index in [1.54, 1.807) is 0 Å². The molecule has 4 nitrogen and oxygen atoms in total. The van der Waals surface area contributed by atoms with Crippen LogP contribution in [0.15, 0.2) is 24.3 Å². The summed E-state index contributed by atoms with van der Waals surface area (Å²) < 4.78 is 40.9. The number of hydrogen-bond donors (Lipinski definition) is 2. The number of aliphatic carboxylic acids is 1. The molecule has 1 aliphatic carbocycles. The highest BCUT2D eigenvalue weighted by molar-refractivity contribution is 5.79. The van der Waals surface area contributed by atoms with Crippen molar-refractivity contribution in [2.24, 2.45) is 0 Å². The molecule has 1 saturated carbocycles. The van der Waals surface area contributed by atoms with Crippen LogP contribution in [-0.4, -0.2) is 28.1 Å². The average molecular weight is 290 g/mol. The molecular formula is C13H13F3O4. The number of ether oxygens (including phenoxy) is 1. The predicted molar refractivity (Wildman–Crippen MR) is 62.3 cm³/mol. The highest BCUT2D eigenvalue weighted by Crippen LogP contribution is 2.46. The summed E-state index contributed by atoms with van der Waals surface area (Å²) >= 11 is 0. The van der Waals surface area contributed by atoms with E-state index in [1.165, 1.54) is 18.2 Å². The van der Waals surface area contributed by atoms with Gasteiger partial charge >= 0.3 is 12.3 Å². The molecule has 0 spiro atoms. The van der Waals surface area contributed by atoms with Gasteiger partial charge in [0, 0.05) is 5.56 Å². The molecule has 0 bridgehead atoms. The highest BCUT2D eigenvalue weighted by Gasteiger charge is 2.48. The third-order valence-corrected chi connectivity index (χ3v) is 3.46. The molecule has 7 heteroatoms. The Bertz CT molecular complexity index is 509. The van der Waals surface area contributed by atoms with Crippen LogP contribution in [-0.2, 0) is 4.79 Å². The van der Waals surface area contributed by atoms with Crippen LogP contribution in [0.3, 0.4) is 0 Å². The van der Waals surface area contributed by atoms with Crippen LogP contribution in [0, 0.1) is 0 Å². The monoisotopic (exact) mass is 290 g/mol. The molecule has 1 fully saturated rings. The first kappa shape index (κ1) is 14.6. The molecular weight excluding hydrogens is 277 g/mol. The lowest BCUT2D eigenvalue weighted by Gasteiger charge is -2.41. The smallest absolute Gasteiger partial charge is 0.481 e. The van der Waals surface area contributed by atoms with Gasteiger partial charge in [-0.05, 0) is 25.3 Å². The van der Waals surface area contributed by atoms with Crippen molar-refractivity contribution in [1.29, 1.82) is 0 Å². The van der Waals surface area contributed by atoms with Crippen LogP contribution >= 0.6 is 0 Å². The molecule has 2 rings (SSSR count). The molecule has 2 N–H and O–H groups in total. The number of halogens is 3. The zero-order valence-electron chi connectivity index (χ0n) is 10.4. The Morgan fingerprint density at radius 1 is 1.30 bits per heavy atom. The lowest BCUT2D eigenvalue weighted by atomic mass is 9.68. The summed E-state index contributed by atoms with van der Waals surface area (Å²) in [5, 5.41) is 19.5. The Morgan fingerprint density at radius 3 is 2.35 bits per heavy atom. The van der Waals surface area contributed by atoms with E-state index in [-0.39, 0.29) is 18.4 Å². The Hall–Kier alpha value is -1.76. The second-order valence-corrected chi connectivity index (χ2v) is 4.81. The number of carboxylic acid groups (broad SMARTS) is 1. The molecule has 0 amide bonds. The summed E-state index contributed by atoms with van der Waals surface area (Å²) in [6.07, 6.45) is -3.79. The Morgan fingerprint density at radius 2 is 1.90 bits per heavy atom. The first-order valence-corrected chi connectivity index (χ1v) is 6.03. The van der Waals surface area contributed by atoms with Crippen LogP contribution in [0.5, 0.6) is 5.75 Å². The van der Waals surface area contributed by atoms with Gasteiger partial charge in [-0.2, -0.15) is 0 Å². The van der Waals surface area contributed by atoms with Crippen molar-refractivity contribution in [1.82, 2.24) is 0 Å². The van der Waals surface area contributed by atoms with Crippen molar-refractivity contribution in [3.63, 3.8) is 0 Å². The first-order valence-electron chi connectivity index (χ1n) is 6.03. The molecule has 20 heavy (non-hydrogen) atoms. The molecule has 0 saturated heterocycles. The normalized spacial score (nSPS) is 19.0.